The molecule has 2 saturated heterocycles. The van der Waals surface area contributed by atoms with Crippen molar-refractivity contribution in [2.45, 2.75) is 44.0 Å². The van der Waals surface area contributed by atoms with Gasteiger partial charge in [-0.25, -0.2) is 4.98 Å². The molecule has 4 nitrogen and oxygen atoms in total. The number of hydrogen-bond donors (Lipinski definition) is 1. The third-order valence-electron chi connectivity index (χ3n) is 4.98. The average Bonchev–Trinajstić information content (AvgIpc) is 2.95. The van der Waals surface area contributed by atoms with Crippen LogP contribution in [-0.4, -0.2) is 41.5 Å². The van der Waals surface area contributed by atoms with Gasteiger partial charge in [0, 0.05) is 31.3 Å². The number of nitrogens with zero attached hydrogens (tertiary/aromatic N) is 2. The standard InChI is InChI=1S/C16H21F3N2O2/c1-15(22)6-8-23-10-12(15)13-3-2-7-21(13)14-5-4-11(9-20-14)16(17,18)19/h4-5,9,12-13,22H,2-3,6-8,10H2,1H3/t12-,13+,15+/m1/s1. The molecule has 0 bridgehead atoms. The van der Waals surface area contributed by atoms with Gasteiger partial charge in [-0.05, 0) is 38.3 Å². The van der Waals surface area contributed by atoms with E-state index in [1.807, 2.05) is 11.8 Å². The molecule has 0 aliphatic carbocycles. The Labute approximate surface area is 133 Å². The van der Waals surface area contributed by atoms with Crippen molar-refractivity contribution in [3.63, 3.8) is 0 Å². The molecule has 0 spiro atoms. The van der Waals surface area contributed by atoms with E-state index >= 15 is 0 Å². The number of hydrogen-bond acceptors (Lipinski definition) is 4. The number of pyridine rings is 1. The maximum absolute atomic E-state index is 12.7. The molecule has 128 valence electrons. The smallest absolute Gasteiger partial charge is 0.390 e. The predicted molar refractivity (Wildman–Crippen MR) is 79.2 cm³/mol. The molecule has 0 saturated carbocycles. The third-order valence-corrected chi connectivity index (χ3v) is 4.98. The number of anilines is 1. The summed E-state index contributed by atoms with van der Waals surface area (Å²) < 4.78 is 43.5. The minimum atomic E-state index is -4.38. The van der Waals surface area contributed by atoms with Gasteiger partial charge in [0.2, 0.25) is 0 Å². The molecule has 0 radical (unpaired) electrons. The van der Waals surface area contributed by atoms with E-state index in [1.165, 1.54) is 6.07 Å². The highest BCUT2D eigenvalue weighted by Gasteiger charge is 2.44. The topological polar surface area (TPSA) is 45.6 Å². The first kappa shape index (κ1) is 16.5. The van der Waals surface area contributed by atoms with E-state index in [4.69, 9.17) is 4.74 Å². The largest absolute Gasteiger partial charge is 0.417 e. The maximum Gasteiger partial charge on any atom is 0.417 e. The molecule has 1 N–H and O–H groups in total. The molecular weight excluding hydrogens is 309 g/mol. The molecule has 0 aromatic carbocycles. The Morgan fingerprint density at radius 3 is 2.78 bits per heavy atom. The SMILES string of the molecule is C[C@]1(O)CCOC[C@@H]1[C@@H]1CCCN1c1ccc(C(F)(F)F)cn1. The highest BCUT2D eigenvalue weighted by Crippen LogP contribution is 2.38. The second kappa shape index (κ2) is 5.94. The monoisotopic (exact) mass is 330 g/mol. The molecule has 0 amide bonds. The van der Waals surface area contributed by atoms with Crippen molar-refractivity contribution in [3.8, 4) is 0 Å². The van der Waals surface area contributed by atoms with Gasteiger partial charge in [-0.1, -0.05) is 0 Å². The Morgan fingerprint density at radius 2 is 2.17 bits per heavy atom. The first-order valence-electron chi connectivity index (χ1n) is 7.89. The van der Waals surface area contributed by atoms with Gasteiger partial charge in [0.05, 0.1) is 17.8 Å². The fourth-order valence-corrected chi connectivity index (χ4v) is 3.60. The number of halogens is 3. The van der Waals surface area contributed by atoms with Crippen molar-refractivity contribution in [3.05, 3.63) is 23.9 Å². The van der Waals surface area contributed by atoms with Crippen LogP contribution in [0.25, 0.3) is 0 Å². The Balaban J connectivity index is 1.81. The average molecular weight is 330 g/mol. The number of aliphatic hydroxyl groups is 1. The van der Waals surface area contributed by atoms with Gasteiger partial charge in [0.1, 0.15) is 5.82 Å². The van der Waals surface area contributed by atoms with Crippen LogP contribution in [0, 0.1) is 5.92 Å². The van der Waals surface area contributed by atoms with Crippen LogP contribution in [0.4, 0.5) is 19.0 Å². The summed E-state index contributed by atoms with van der Waals surface area (Å²) in [4.78, 5) is 6.01. The van der Waals surface area contributed by atoms with E-state index in [-0.39, 0.29) is 12.0 Å². The predicted octanol–water partition coefficient (Wildman–Crippen LogP) is 2.86. The minimum absolute atomic E-state index is 0.0366. The molecule has 0 unspecified atom stereocenters. The Kier molecular flexibility index (Phi) is 4.27. The zero-order valence-electron chi connectivity index (χ0n) is 13.0. The van der Waals surface area contributed by atoms with Crippen LogP contribution in [0.5, 0.6) is 0 Å². The van der Waals surface area contributed by atoms with Gasteiger partial charge >= 0.3 is 6.18 Å². The quantitative estimate of drug-likeness (QED) is 0.906. The van der Waals surface area contributed by atoms with Gasteiger partial charge in [0.25, 0.3) is 0 Å². The first-order chi connectivity index (χ1) is 10.8. The summed E-state index contributed by atoms with van der Waals surface area (Å²) >= 11 is 0. The summed E-state index contributed by atoms with van der Waals surface area (Å²) in [7, 11) is 0. The molecule has 3 rings (SSSR count). The van der Waals surface area contributed by atoms with Crippen LogP contribution in [0.15, 0.2) is 18.3 Å². The Morgan fingerprint density at radius 1 is 1.39 bits per heavy atom. The van der Waals surface area contributed by atoms with Crippen molar-refractivity contribution in [1.29, 1.82) is 0 Å². The van der Waals surface area contributed by atoms with E-state index in [0.717, 1.165) is 31.6 Å². The highest BCUT2D eigenvalue weighted by molar-refractivity contribution is 5.43. The van der Waals surface area contributed by atoms with Gasteiger partial charge < -0.3 is 14.7 Å². The maximum atomic E-state index is 12.7. The first-order valence-corrected chi connectivity index (χ1v) is 7.89. The van der Waals surface area contributed by atoms with Crippen LogP contribution >= 0.6 is 0 Å². The summed E-state index contributed by atoms with van der Waals surface area (Å²) in [5.74, 6) is 0.463. The van der Waals surface area contributed by atoms with Crippen molar-refractivity contribution in [2.24, 2.45) is 5.92 Å². The number of rotatable bonds is 2. The zero-order valence-corrected chi connectivity index (χ0v) is 13.0. The molecule has 1 aromatic rings. The lowest BCUT2D eigenvalue weighted by atomic mass is 9.79. The van der Waals surface area contributed by atoms with Crippen LogP contribution < -0.4 is 4.90 Å². The fourth-order valence-electron chi connectivity index (χ4n) is 3.60. The van der Waals surface area contributed by atoms with Crippen LogP contribution in [0.2, 0.25) is 0 Å². The lowest BCUT2D eigenvalue weighted by Crippen LogP contribution is -2.52. The van der Waals surface area contributed by atoms with Crippen LogP contribution in [0.1, 0.15) is 31.7 Å². The molecule has 1 aromatic heterocycles. The molecule has 7 heteroatoms. The summed E-state index contributed by atoms with van der Waals surface area (Å²) in [6, 6.07) is 2.52. The van der Waals surface area contributed by atoms with E-state index in [1.54, 1.807) is 0 Å². The third kappa shape index (κ3) is 3.30. The molecule has 2 aliphatic heterocycles. The van der Waals surface area contributed by atoms with E-state index in [0.29, 0.717) is 25.5 Å². The van der Waals surface area contributed by atoms with Crippen molar-refractivity contribution >= 4 is 5.82 Å². The molecule has 3 atom stereocenters. The van der Waals surface area contributed by atoms with Crippen LogP contribution in [0.3, 0.4) is 0 Å². The van der Waals surface area contributed by atoms with E-state index in [9.17, 15) is 18.3 Å². The zero-order chi connectivity index (χ0) is 16.7. The van der Waals surface area contributed by atoms with Gasteiger partial charge in [-0.15, -0.1) is 0 Å². The van der Waals surface area contributed by atoms with Crippen molar-refractivity contribution in [2.75, 3.05) is 24.7 Å². The molecule has 2 aliphatic rings. The van der Waals surface area contributed by atoms with Crippen molar-refractivity contribution in [1.82, 2.24) is 4.98 Å². The number of alkyl halides is 3. The summed E-state index contributed by atoms with van der Waals surface area (Å²) in [6.45, 7) is 3.55. The van der Waals surface area contributed by atoms with Gasteiger partial charge in [0.15, 0.2) is 0 Å². The molecule has 3 heterocycles. The molecule has 2 fully saturated rings. The van der Waals surface area contributed by atoms with E-state index in [2.05, 4.69) is 4.98 Å². The van der Waals surface area contributed by atoms with E-state index < -0.39 is 17.3 Å². The fraction of sp³-hybridized carbons (Fsp3) is 0.688. The highest BCUT2D eigenvalue weighted by atomic mass is 19.4. The van der Waals surface area contributed by atoms with Gasteiger partial charge in [-0.3, -0.25) is 0 Å². The lowest BCUT2D eigenvalue weighted by Gasteiger charge is -2.43. The molecular formula is C16H21F3N2O2. The summed E-state index contributed by atoms with van der Waals surface area (Å²) in [6.07, 6.45) is -1.12. The van der Waals surface area contributed by atoms with Crippen molar-refractivity contribution < 1.29 is 23.0 Å². The summed E-state index contributed by atoms with van der Waals surface area (Å²) in [5.41, 5.74) is -1.57. The summed E-state index contributed by atoms with van der Waals surface area (Å²) in [5, 5.41) is 10.6. The second-order valence-electron chi connectivity index (χ2n) is 6.59. The minimum Gasteiger partial charge on any atom is -0.390 e. The van der Waals surface area contributed by atoms with Crippen LogP contribution in [-0.2, 0) is 10.9 Å². The Bertz CT molecular complexity index is 545. The second-order valence-corrected chi connectivity index (χ2v) is 6.59. The normalized spacial score (nSPS) is 32.3. The van der Waals surface area contributed by atoms with Gasteiger partial charge in [-0.2, -0.15) is 13.2 Å². The lowest BCUT2D eigenvalue weighted by molar-refractivity contribution is -0.137. The molecule has 23 heavy (non-hydrogen) atoms. The Hall–Kier alpha value is -1.34. The number of ether oxygens (including phenoxy) is 1. The number of aromatic nitrogens is 1.